The van der Waals surface area contributed by atoms with Crippen LogP contribution < -0.4 is 0 Å². The standard InChI is InChI=1S/C17H32N2O/c1-18-11-3-2-6-14(18)10-13-19-12-5-8-16(19)15-7-4-9-17(15)20/h14-17,20H,2-13H2,1H3. The van der Waals surface area contributed by atoms with E-state index >= 15 is 0 Å². The van der Waals surface area contributed by atoms with Gasteiger partial charge in [-0.1, -0.05) is 12.8 Å². The SMILES string of the molecule is CN1CCCCC1CCN1CCCC1C1CCCC1O. The maximum Gasteiger partial charge on any atom is 0.0583 e. The van der Waals surface area contributed by atoms with E-state index in [1.807, 2.05) is 0 Å². The molecule has 3 aliphatic rings. The summed E-state index contributed by atoms with van der Waals surface area (Å²) >= 11 is 0. The van der Waals surface area contributed by atoms with Crippen molar-refractivity contribution in [1.29, 1.82) is 0 Å². The lowest BCUT2D eigenvalue weighted by molar-refractivity contribution is 0.0682. The largest absolute Gasteiger partial charge is 0.393 e. The van der Waals surface area contributed by atoms with E-state index in [9.17, 15) is 5.11 Å². The van der Waals surface area contributed by atoms with Crippen LogP contribution in [-0.2, 0) is 0 Å². The molecule has 2 aliphatic heterocycles. The zero-order valence-corrected chi connectivity index (χ0v) is 13.1. The Morgan fingerprint density at radius 2 is 1.85 bits per heavy atom. The highest BCUT2D eigenvalue weighted by Crippen LogP contribution is 2.36. The molecule has 116 valence electrons. The number of hydrogen-bond acceptors (Lipinski definition) is 3. The smallest absolute Gasteiger partial charge is 0.0583 e. The molecule has 20 heavy (non-hydrogen) atoms. The van der Waals surface area contributed by atoms with Gasteiger partial charge in [0.05, 0.1) is 6.10 Å². The molecule has 0 radical (unpaired) electrons. The van der Waals surface area contributed by atoms with E-state index in [2.05, 4.69) is 16.8 Å². The van der Waals surface area contributed by atoms with E-state index in [1.165, 1.54) is 71.0 Å². The van der Waals surface area contributed by atoms with E-state index in [0.717, 1.165) is 12.5 Å². The average Bonchev–Trinajstić information content (AvgIpc) is 3.06. The maximum absolute atomic E-state index is 10.2. The summed E-state index contributed by atoms with van der Waals surface area (Å²) in [6.45, 7) is 3.81. The number of aliphatic hydroxyl groups excluding tert-OH is 1. The molecule has 0 spiro atoms. The molecule has 4 unspecified atom stereocenters. The van der Waals surface area contributed by atoms with Crippen LogP contribution >= 0.6 is 0 Å². The van der Waals surface area contributed by atoms with Crippen LogP contribution in [0.15, 0.2) is 0 Å². The van der Waals surface area contributed by atoms with Crippen LogP contribution in [0, 0.1) is 5.92 Å². The van der Waals surface area contributed by atoms with Crippen molar-refractivity contribution in [3.63, 3.8) is 0 Å². The summed E-state index contributed by atoms with van der Waals surface area (Å²) in [6.07, 6.45) is 11.7. The van der Waals surface area contributed by atoms with Gasteiger partial charge in [-0.2, -0.15) is 0 Å². The third kappa shape index (κ3) is 3.20. The van der Waals surface area contributed by atoms with E-state index in [1.54, 1.807) is 0 Å². The summed E-state index contributed by atoms with van der Waals surface area (Å²) in [4.78, 5) is 5.28. The van der Waals surface area contributed by atoms with Gasteiger partial charge in [-0.15, -0.1) is 0 Å². The van der Waals surface area contributed by atoms with Gasteiger partial charge in [0.25, 0.3) is 0 Å². The monoisotopic (exact) mass is 280 g/mol. The molecule has 0 aromatic rings. The zero-order valence-electron chi connectivity index (χ0n) is 13.1. The molecule has 0 aromatic heterocycles. The van der Waals surface area contributed by atoms with Gasteiger partial charge < -0.3 is 10.0 Å². The second-order valence-corrected chi connectivity index (χ2v) is 7.33. The van der Waals surface area contributed by atoms with Gasteiger partial charge in [0.2, 0.25) is 0 Å². The van der Waals surface area contributed by atoms with Crippen molar-refractivity contribution in [2.24, 2.45) is 5.92 Å². The van der Waals surface area contributed by atoms with E-state index < -0.39 is 0 Å². The van der Waals surface area contributed by atoms with Gasteiger partial charge >= 0.3 is 0 Å². The van der Waals surface area contributed by atoms with E-state index in [-0.39, 0.29) is 6.10 Å². The van der Waals surface area contributed by atoms with Gasteiger partial charge in [0.1, 0.15) is 0 Å². The van der Waals surface area contributed by atoms with Crippen LogP contribution in [-0.4, -0.2) is 59.8 Å². The second kappa shape index (κ2) is 6.76. The van der Waals surface area contributed by atoms with Crippen LogP contribution in [0.4, 0.5) is 0 Å². The summed E-state index contributed by atoms with van der Waals surface area (Å²) < 4.78 is 0. The number of likely N-dealkylation sites (tertiary alicyclic amines) is 2. The Balaban J connectivity index is 1.51. The molecule has 1 N–H and O–H groups in total. The molecular weight excluding hydrogens is 248 g/mol. The summed E-state index contributed by atoms with van der Waals surface area (Å²) in [5, 5.41) is 10.2. The van der Waals surface area contributed by atoms with Crippen molar-refractivity contribution < 1.29 is 5.11 Å². The van der Waals surface area contributed by atoms with Crippen molar-refractivity contribution >= 4 is 0 Å². The lowest BCUT2D eigenvalue weighted by atomic mass is 9.93. The Kier molecular flexibility index (Phi) is 5.00. The molecule has 3 fully saturated rings. The molecule has 0 aromatic carbocycles. The molecule has 1 saturated carbocycles. The first-order chi connectivity index (χ1) is 9.75. The van der Waals surface area contributed by atoms with Gasteiger partial charge in [-0.25, -0.2) is 0 Å². The highest BCUT2D eigenvalue weighted by Gasteiger charge is 2.38. The minimum absolute atomic E-state index is 0.0158. The first kappa shape index (κ1) is 14.8. The van der Waals surface area contributed by atoms with Crippen LogP contribution in [0.5, 0.6) is 0 Å². The van der Waals surface area contributed by atoms with Crippen LogP contribution in [0.25, 0.3) is 0 Å². The zero-order chi connectivity index (χ0) is 13.9. The predicted molar refractivity (Wildman–Crippen MR) is 82.8 cm³/mol. The fourth-order valence-corrected chi connectivity index (χ4v) is 4.86. The van der Waals surface area contributed by atoms with Gasteiger partial charge in [-0.3, -0.25) is 4.90 Å². The minimum atomic E-state index is -0.0158. The molecule has 0 amide bonds. The molecule has 3 rings (SSSR count). The summed E-state index contributed by atoms with van der Waals surface area (Å²) in [5.74, 6) is 0.571. The molecule has 0 bridgehead atoms. The summed E-state index contributed by atoms with van der Waals surface area (Å²) in [7, 11) is 2.30. The molecule has 1 aliphatic carbocycles. The van der Waals surface area contributed by atoms with Crippen LogP contribution in [0.2, 0.25) is 0 Å². The third-order valence-corrected chi connectivity index (χ3v) is 6.11. The first-order valence-corrected chi connectivity index (χ1v) is 8.88. The van der Waals surface area contributed by atoms with Crippen LogP contribution in [0.1, 0.15) is 57.8 Å². The molecule has 3 heteroatoms. The van der Waals surface area contributed by atoms with E-state index in [4.69, 9.17) is 0 Å². The van der Waals surface area contributed by atoms with Crippen molar-refractivity contribution in [1.82, 2.24) is 9.80 Å². The fourth-order valence-electron chi connectivity index (χ4n) is 4.86. The Morgan fingerprint density at radius 3 is 2.60 bits per heavy atom. The Labute approximate surface area is 124 Å². The lowest BCUT2D eigenvalue weighted by Crippen LogP contribution is -2.43. The molecule has 4 atom stereocenters. The van der Waals surface area contributed by atoms with Crippen molar-refractivity contribution in [3.8, 4) is 0 Å². The number of aliphatic hydroxyl groups is 1. The van der Waals surface area contributed by atoms with Gasteiger partial charge in [0.15, 0.2) is 0 Å². The summed E-state index contributed by atoms with van der Waals surface area (Å²) in [6, 6.07) is 1.49. The maximum atomic E-state index is 10.2. The fraction of sp³-hybridized carbons (Fsp3) is 1.00. The average molecular weight is 280 g/mol. The Morgan fingerprint density at radius 1 is 0.950 bits per heavy atom. The van der Waals surface area contributed by atoms with Gasteiger partial charge in [0, 0.05) is 18.0 Å². The van der Waals surface area contributed by atoms with Crippen LogP contribution in [0.3, 0.4) is 0 Å². The van der Waals surface area contributed by atoms with Crippen molar-refractivity contribution in [3.05, 3.63) is 0 Å². The van der Waals surface area contributed by atoms with Crippen molar-refractivity contribution in [2.45, 2.75) is 76.0 Å². The first-order valence-electron chi connectivity index (χ1n) is 8.88. The molecular formula is C17H32N2O. The van der Waals surface area contributed by atoms with Gasteiger partial charge in [-0.05, 0) is 71.6 Å². The minimum Gasteiger partial charge on any atom is -0.393 e. The second-order valence-electron chi connectivity index (χ2n) is 7.33. The Hall–Kier alpha value is -0.120. The quantitative estimate of drug-likeness (QED) is 0.857. The number of piperidine rings is 1. The highest BCUT2D eigenvalue weighted by atomic mass is 16.3. The normalized spacial score (nSPS) is 40.5. The molecule has 2 heterocycles. The van der Waals surface area contributed by atoms with E-state index in [0.29, 0.717) is 12.0 Å². The highest BCUT2D eigenvalue weighted by molar-refractivity contribution is 4.92. The number of hydrogen-bond donors (Lipinski definition) is 1. The molecule has 2 saturated heterocycles. The topological polar surface area (TPSA) is 26.7 Å². The lowest BCUT2D eigenvalue weighted by Gasteiger charge is -2.36. The Bertz CT molecular complexity index is 309. The molecule has 3 nitrogen and oxygen atoms in total. The predicted octanol–water partition coefficient (Wildman–Crippen LogP) is 2.49. The van der Waals surface area contributed by atoms with Crippen molar-refractivity contribution in [2.75, 3.05) is 26.7 Å². The summed E-state index contributed by atoms with van der Waals surface area (Å²) in [5.41, 5.74) is 0. The third-order valence-electron chi connectivity index (χ3n) is 6.11. The number of rotatable bonds is 4. The number of nitrogens with zero attached hydrogens (tertiary/aromatic N) is 2.